The largest absolute Gasteiger partial charge is 0.381 e. The Bertz CT molecular complexity index is 334. The maximum absolute atomic E-state index is 11.3. The molecule has 0 rings (SSSR count). The summed E-state index contributed by atoms with van der Waals surface area (Å²) in [4.78, 5) is 11.1. The van der Waals surface area contributed by atoms with Gasteiger partial charge in [0.15, 0.2) is 5.78 Å². The molecule has 0 aromatic rings. The second kappa shape index (κ2) is 6.74. The van der Waals surface area contributed by atoms with Crippen molar-refractivity contribution in [1.29, 1.82) is 0 Å². The van der Waals surface area contributed by atoms with E-state index in [1.54, 1.807) is 6.92 Å². The topological polar surface area (TPSA) is 116 Å². The van der Waals surface area contributed by atoms with Crippen LogP contribution in [-0.2, 0) is 19.1 Å². The van der Waals surface area contributed by atoms with E-state index in [2.05, 4.69) is 10.8 Å². The molecule has 1 unspecified atom stereocenters. The smallest absolute Gasteiger partial charge is 0.270 e. The lowest BCUT2D eigenvalue weighted by atomic mass is 10.0. The molecule has 7 heteroatoms. The van der Waals surface area contributed by atoms with Gasteiger partial charge in [-0.3, -0.25) is 8.98 Å². The second-order valence-electron chi connectivity index (χ2n) is 3.37. The zero-order chi connectivity index (χ0) is 12.1. The molecule has 4 N–H and O–H groups in total. The number of rotatable bonds is 7. The molecular weight excluding hydrogens is 234 g/mol. The molecule has 0 heterocycles. The van der Waals surface area contributed by atoms with E-state index in [0.717, 1.165) is 13.0 Å². The summed E-state index contributed by atoms with van der Waals surface area (Å²) in [6.07, 6.45) is 1.42. The Morgan fingerprint density at radius 2 is 2.06 bits per heavy atom. The minimum atomic E-state index is -3.88. The van der Waals surface area contributed by atoms with E-state index in [0.29, 0.717) is 6.42 Å². The van der Waals surface area contributed by atoms with Crippen LogP contribution in [0.1, 0.15) is 20.3 Å². The van der Waals surface area contributed by atoms with Gasteiger partial charge in [-0.1, -0.05) is 13.5 Å². The molecule has 0 aromatic carbocycles. The monoisotopic (exact) mass is 253 g/mol. The average molecular weight is 253 g/mol. The number of carbonyl (C=O) groups is 1. The van der Waals surface area contributed by atoms with Gasteiger partial charge >= 0.3 is 0 Å². The zero-order valence-corrected chi connectivity index (χ0v) is 10.4. The highest BCUT2D eigenvalue weighted by atomic mass is 32.2. The quantitative estimate of drug-likeness (QED) is 0.501. The third-order valence-corrected chi connectivity index (χ3v) is 3.08. The normalized spacial score (nSPS) is 14.7. The van der Waals surface area contributed by atoms with Crippen molar-refractivity contribution in [3.8, 4) is 0 Å². The lowest BCUT2D eigenvalue weighted by Gasteiger charge is -2.19. The van der Waals surface area contributed by atoms with Gasteiger partial charge in [-0.15, -0.1) is 0 Å². The molecule has 0 spiro atoms. The van der Waals surface area contributed by atoms with Crippen LogP contribution < -0.4 is 6.15 Å². The summed E-state index contributed by atoms with van der Waals surface area (Å²) in [6, 6.07) is 0. The van der Waals surface area contributed by atoms with Crippen LogP contribution in [-0.4, -0.2) is 37.3 Å². The third-order valence-electron chi connectivity index (χ3n) is 1.64. The molecule has 0 fully saturated rings. The summed E-state index contributed by atoms with van der Waals surface area (Å²) >= 11 is 0. The van der Waals surface area contributed by atoms with E-state index in [4.69, 9.17) is 0 Å². The summed E-state index contributed by atoms with van der Waals surface area (Å²) in [5.41, 5.74) is -1.98. The number of ketones is 1. The van der Waals surface area contributed by atoms with Crippen molar-refractivity contribution in [2.45, 2.75) is 25.9 Å². The van der Waals surface area contributed by atoms with Gasteiger partial charge in [0.05, 0.1) is 6.61 Å². The summed E-state index contributed by atoms with van der Waals surface area (Å²) in [7, 11) is -3.88. The van der Waals surface area contributed by atoms with Crippen molar-refractivity contribution >= 4 is 15.9 Å². The summed E-state index contributed by atoms with van der Waals surface area (Å²) in [5.74, 6) is -1.50. The predicted molar refractivity (Wildman–Crippen MR) is 60.9 cm³/mol. The first-order valence-electron chi connectivity index (χ1n) is 4.51. The first-order valence-corrected chi connectivity index (χ1v) is 6.09. The molecule has 0 aromatic heterocycles. The summed E-state index contributed by atoms with van der Waals surface area (Å²) < 4.78 is 27.0. The van der Waals surface area contributed by atoms with Gasteiger partial charge in [0.25, 0.3) is 10.1 Å². The van der Waals surface area contributed by atoms with Crippen molar-refractivity contribution in [2.75, 3.05) is 12.4 Å². The molecule has 0 saturated heterocycles. The van der Waals surface area contributed by atoms with Gasteiger partial charge in [-0.25, -0.2) is 0 Å². The van der Waals surface area contributed by atoms with Crippen molar-refractivity contribution in [3.63, 3.8) is 0 Å². The lowest BCUT2D eigenvalue weighted by molar-refractivity contribution is -0.128. The van der Waals surface area contributed by atoms with Crippen LogP contribution in [0, 0.1) is 0 Å². The second-order valence-corrected chi connectivity index (χ2v) is 5.01. The lowest BCUT2D eigenvalue weighted by Crippen LogP contribution is -2.41. The maximum Gasteiger partial charge on any atom is 0.270 e. The van der Waals surface area contributed by atoms with Crippen molar-refractivity contribution < 1.29 is 22.5 Å². The van der Waals surface area contributed by atoms with Gasteiger partial charge < -0.3 is 11.3 Å². The van der Waals surface area contributed by atoms with Gasteiger partial charge in [0, 0.05) is 0 Å². The minimum Gasteiger partial charge on any atom is -0.381 e. The van der Waals surface area contributed by atoms with Gasteiger partial charge in [-0.2, -0.15) is 8.42 Å². The number of hydrogen-bond acceptors (Lipinski definition) is 6. The first-order chi connectivity index (χ1) is 6.75. The molecule has 0 aliphatic rings. The number of hydrogen-bond donors (Lipinski definition) is 2. The average Bonchev–Trinajstić information content (AvgIpc) is 2.11. The minimum absolute atomic E-state index is 0. The van der Waals surface area contributed by atoms with E-state index in [1.807, 2.05) is 0 Å². The molecule has 16 heavy (non-hydrogen) atoms. The fourth-order valence-corrected chi connectivity index (χ4v) is 2.22. The van der Waals surface area contributed by atoms with E-state index in [1.165, 1.54) is 0 Å². The Kier molecular flexibility index (Phi) is 7.43. The molecule has 0 amide bonds. The molecule has 96 valence electrons. The Labute approximate surface area is 96.0 Å². The molecule has 0 radical (unpaired) electrons. The first kappa shape index (κ1) is 17.6. The van der Waals surface area contributed by atoms with Crippen LogP contribution in [0.15, 0.2) is 12.7 Å². The maximum atomic E-state index is 11.3. The standard InChI is InChI=1S/C9H16O5S.H3N/c1-4-6-14-15(12,13)7-9(3,11)8(10)5-2;/h5,11H,2,4,6-7H2,1,3H3;1H3. The third kappa shape index (κ3) is 5.96. The van der Waals surface area contributed by atoms with E-state index in [9.17, 15) is 18.3 Å². The van der Waals surface area contributed by atoms with Crippen molar-refractivity contribution in [2.24, 2.45) is 0 Å². The zero-order valence-electron chi connectivity index (χ0n) is 9.60. The van der Waals surface area contributed by atoms with Crippen LogP contribution in [0.25, 0.3) is 0 Å². The number of carbonyl (C=O) groups excluding carboxylic acids is 1. The summed E-state index contributed by atoms with van der Waals surface area (Å²) in [5, 5.41) is 9.54. The molecule has 1 atom stereocenters. The van der Waals surface area contributed by atoms with Crippen LogP contribution in [0.2, 0.25) is 0 Å². The molecule has 0 aliphatic carbocycles. The van der Waals surface area contributed by atoms with Gasteiger partial charge in [0.1, 0.15) is 11.4 Å². The van der Waals surface area contributed by atoms with Gasteiger partial charge in [0.2, 0.25) is 0 Å². The fraction of sp³-hybridized carbons (Fsp3) is 0.667. The van der Waals surface area contributed by atoms with Crippen molar-refractivity contribution in [3.05, 3.63) is 12.7 Å². The SMILES string of the molecule is C=CC(=O)C(C)(O)CS(=O)(=O)OCCC.N. The van der Waals surface area contributed by atoms with Crippen LogP contribution >= 0.6 is 0 Å². The van der Waals surface area contributed by atoms with Gasteiger partial charge in [-0.05, 0) is 19.4 Å². The molecule has 6 nitrogen and oxygen atoms in total. The number of aliphatic hydroxyl groups is 1. The Hall–Kier alpha value is -0.760. The molecule has 0 bridgehead atoms. The Morgan fingerprint density at radius 1 is 1.56 bits per heavy atom. The Morgan fingerprint density at radius 3 is 2.44 bits per heavy atom. The van der Waals surface area contributed by atoms with Crippen LogP contribution in [0.3, 0.4) is 0 Å². The van der Waals surface area contributed by atoms with Crippen LogP contribution in [0.5, 0.6) is 0 Å². The molecular formula is C9H19NO5S. The van der Waals surface area contributed by atoms with Crippen LogP contribution in [0.4, 0.5) is 0 Å². The molecule has 0 saturated carbocycles. The summed E-state index contributed by atoms with van der Waals surface area (Å²) in [6.45, 7) is 6.08. The highest BCUT2D eigenvalue weighted by Gasteiger charge is 2.34. The highest BCUT2D eigenvalue weighted by Crippen LogP contribution is 2.11. The highest BCUT2D eigenvalue weighted by molar-refractivity contribution is 7.86. The Balaban J connectivity index is 0. The predicted octanol–water partition coefficient (Wildman–Crippen LogP) is 0.411. The van der Waals surface area contributed by atoms with E-state index < -0.39 is 27.3 Å². The van der Waals surface area contributed by atoms with E-state index >= 15 is 0 Å². The van der Waals surface area contributed by atoms with E-state index in [-0.39, 0.29) is 12.8 Å². The van der Waals surface area contributed by atoms with Crippen molar-refractivity contribution in [1.82, 2.24) is 6.15 Å². The molecule has 0 aliphatic heterocycles. The fourth-order valence-electron chi connectivity index (χ4n) is 0.887.